The van der Waals surface area contributed by atoms with Crippen LogP contribution >= 0.6 is 0 Å². The number of ether oxygens (including phenoxy) is 1. The third-order valence-corrected chi connectivity index (χ3v) is 3.11. The molecule has 0 unspecified atom stereocenters. The number of nitrogens with zero attached hydrogens (tertiary/aromatic N) is 1. The van der Waals surface area contributed by atoms with E-state index in [-0.39, 0.29) is 24.9 Å². The number of allylic oxidation sites excluding steroid dienone is 1. The van der Waals surface area contributed by atoms with Gasteiger partial charge in [0, 0.05) is 25.2 Å². The van der Waals surface area contributed by atoms with Gasteiger partial charge in [0.05, 0.1) is 12.3 Å². The fourth-order valence-corrected chi connectivity index (χ4v) is 2.01. The molecule has 1 aliphatic rings. The van der Waals surface area contributed by atoms with Crippen molar-refractivity contribution in [2.75, 3.05) is 7.05 Å². The highest BCUT2D eigenvalue weighted by Gasteiger charge is 2.25. The van der Waals surface area contributed by atoms with Crippen molar-refractivity contribution >= 4 is 23.9 Å². The number of Topliss-reactive ketones (excluding diaryl/α,β-unsaturated/α-hetero) is 1. The molecule has 7 heteroatoms. The normalized spacial score (nSPS) is 15.0. The number of rotatable bonds is 8. The summed E-state index contributed by atoms with van der Waals surface area (Å²) in [5.41, 5.74) is 0.524. The van der Waals surface area contributed by atoms with Gasteiger partial charge in [0.1, 0.15) is 6.04 Å². The minimum Gasteiger partial charge on any atom is -0.461 e. The number of carbonyl (C=O) groups excluding carboxylic acids is 3. The van der Waals surface area contributed by atoms with E-state index in [4.69, 9.17) is 10.1 Å². The molecule has 0 bridgehead atoms. The zero-order valence-corrected chi connectivity index (χ0v) is 13.7. The van der Waals surface area contributed by atoms with Crippen LogP contribution in [-0.4, -0.2) is 48.0 Å². The van der Waals surface area contributed by atoms with Gasteiger partial charge in [0.2, 0.25) is 5.91 Å². The molecule has 0 aromatic rings. The fraction of sp³-hybridized carbons (Fsp3) is 0.500. The minimum absolute atomic E-state index is 0.000491. The summed E-state index contributed by atoms with van der Waals surface area (Å²) in [6.07, 6.45) is 6.33. The van der Waals surface area contributed by atoms with Crippen LogP contribution in [0.1, 0.15) is 33.1 Å². The van der Waals surface area contributed by atoms with E-state index in [1.54, 1.807) is 32.0 Å². The molecule has 0 radical (unpaired) electrons. The van der Waals surface area contributed by atoms with E-state index >= 15 is 0 Å². The van der Waals surface area contributed by atoms with E-state index in [1.165, 1.54) is 0 Å². The van der Waals surface area contributed by atoms with Gasteiger partial charge in [-0.15, -0.1) is 0 Å². The maximum atomic E-state index is 12.3. The molecule has 0 aromatic carbocycles. The molecular formula is C16H23N3O4. The Morgan fingerprint density at radius 2 is 2.13 bits per heavy atom. The van der Waals surface area contributed by atoms with Crippen molar-refractivity contribution in [2.24, 2.45) is 0 Å². The SMILES string of the molecule is CC(C)OC(=O)[C@H](CCC(=O)C=N)NC(=O)C1=CN(C)C=CC1. The van der Waals surface area contributed by atoms with Crippen LogP contribution in [0.4, 0.5) is 0 Å². The highest BCUT2D eigenvalue weighted by Crippen LogP contribution is 2.12. The lowest BCUT2D eigenvalue weighted by Crippen LogP contribution is -2.43. The lowest BCUT2D eigenvalue weighted by atomic mass is 10.1. The fourth-order valence-electron chi connectivity index (χ4n) is 2.01. The highest BCUT2D eigenvalue weighted by atomic mass is 16.5. The van der Waals surface area contributed by atoms with E-state index in [2.05, 4.69) is 5.32 Å². The summed E-state index contributed by atoms with van der Waals surface area (Å²) in [5, 5.41) is 9.52. The Morgan fingerprint density at radius 1 is 1.43 bits per heavy atom. The Balaban J connectivity index is 2.74. The Kier molecular flexibility index (Phi) is 7.18. The molecule has 2 N–H and O–H groups in total. The lowest BCUT2D eigenvalue weighted by Gasteiger charge is -2.21. The summed E-state index contributed by atoms with van der Waals surface area (Å²) >= 11 is 0. The van der Waals surface area contributed by atoms with Gasteiger partial charge in [-0.2, -0.15) is 0 Å². The maximum Gasteiger partial charge on any atom is 0.328 e. The van der Waals surface area contributed by atoms with Crippen LogP contribution in [0.15, 0.2) is 24.0 Å². The first-order valence-electron chi connectivity index (χ1n) is 7.47. The predicted molar refractivity (Wildman–Crippen MR) is 85.8 cm³/mol. The van der Waals surface area contributed by atoms with E-state index in [1.807, 2.05) is 12.3 Å². The van der Waals surface area contributed by atoms with Gasteiger partial charge in [-0.3, -0.25) is 9.59 Å². The van der Waals surface area contributed by atoms with Crippen LogP contribution in [0, 0.1) is 5.41 Å². The molecule has 0 fully saturated rings. The van der Waals surface area contributed by atoms with Crippen molar-refractivity contribution in [1.29, 1.82) is 5.41 Å². The van der Waals surface area contributed by atoms with Crippen molar-refractivity contribution < 1.29 is 19.1 Å². The number of carbonyl (C=O) groups is 3. The second-order valence-corrected chi connectivity index (χ2v) is 5.57. The first-order valence-corrected chi connectivity index (χ1v) is 7.47. The third kappa shape index (κ3) is 6.46. The zero-order chi connectivity index (χ0) is 17.4. The summed E-state index contributed by atoms with van der Waals surface area (Å²) in [6.45, 7) is 3.42. The molecule has 1 heterocycles. The standard InChI is InChI=1S/C16H23N3O4/c1-11(2)23-16(22)14(7-6-13(20)9-17)18-15(21)12-5-4-8-19(3)10-12/h4,8-11,14,17H,5-7H2,1-3H3,(H,18,21)/t14-/m0/s1. The number of amides is 1. The van der Waals surface area contributed by atoms with Gasteiger partial charge in [0.25, 0.3) is 0 Å². The average Bonchev–Trinajstić information content (AvgIpc) is 2.49. The second-order valence-electron chi connectivity index (χ2n) is 5.57. The predicted octanol–water partition coefficient (Wildman–Crippen LogP) is 1.15. The number of hydrogen-bond acceptors (Lipinski definition) is 6. The van der Waals surface area contributed by atoms with Crippen molar-refractivity contribution in [3.63, 3.8) is 0 Å². The zero-order valence-electron chi connectivity index (χ0n) is 13.7. The van der Waals surface area contributed by atoms with Crippen LogP contribution < -0.4 is 5.32 Å². The van der Waals surface area contributed by atoms with Crippen LogP contribution in [0.2, 0.25) is 0 Å². The van der Waals surface area contributed by atoms with Crippen molar-refractivity contribution in [2.45, 2.75) is 45.3 Å². The van der Waals surface area contributed by atoms with Gasteiger partial charge < -0.3 is 20.4 Å². The second kappa shape index (κ2) is 8.87. The van der Waals surface area contributed by atoms with Gasteiger partial charge in [-0.05, 0) is 32.9 Å². The Labute approximate surface area is 135 Å². The van der Waals surface area contributed by atoms with E-state index in [0.29, 0.717) is 18.2 Å². The number of hydrogen-bond donors (Lipinski definition) is 2. The first kappa shape index (κ1) is 18.6. The van der Waals surface area contributed by atoms with Gasteiger partial charge >= 0.3 is 5.97 Å². The summed E-state index contributed by atoms with van der Waals surface area (Å²) in [5.74, 6) is -1.35. The molecule has 0 aliphatic carbocycles. The molecule has 0 spiro atoms. The molecular weight excluding hydrogens is 298 g/mol. The van der Waals surface area contributed by atoms with Crippen LogP contribution in [0.25, 0.3) is 0 Å². The highest BCUT2D eigenvalue weighted by molar-refractivity contribution is 6.26. The summed E-state index contributed by atoms with van der Waals surface area (Å²) in [7, 11) is 1.80. The van der Waals surface area contributed by atoms with Crippen molar-refractivity contribution in [3.05, 3.63) is 24.0 Å². The molecule has 1 atom stereocenters. The molecule has 7 nitrogen and oxygen atoms in total. The number of esters is 1. The number of nitrogens with one attached hydrogen (secondary N) is 2. The summed E-state index contributed by atoms with van der Waals surface area (Å²) < 4.78 is 5.12. The Hall–Kier alpha value is -2.44. The Morgan fingerprint density at radius 3 is 2.70 bits per heavy atom. The smallest absolute Gasteiger partial charge is 0.328 e. The molecule has 0 saturated heterocycles. The Bertz CT molecular complexity index is 537. The minimum atomic E-state index is -0.911. The van der Waals surface area contributed by atoms with Crippen molar-refractivity contribution in [3.8, 4) is 0 Å². The quantitative estimate of drug-likeness (QED) is 0.516. The average molecular weight is 321 g/mol. The first-order chi connectivity index (χ1) is 10.8. The topological polar surface area (TPSA) is 99.6 Å². The van der Waals surface area contributed by atoms with Crippen LogP contribution in [0.5, 0.6) is 0 Å². The molecule has 1 rings (SSSR count). The molecule has 126 valence electrons. The molecule has 23 heavy (non-hydrogen) atoms. The van der Waals surface area contributed by atoms with Gasteiger partial charge in [0.15, 0.2) is 5.78 Å². The summed E-state index contributed by atoms with van der Waals surface area (Å²) in [6, 6.07) is -0.911. The molecule has 0 aromatic heterocycles. The molecule has 0 saturated carbocycles. The van der Waals surface area contributed by atoms with Crippen LogP contribution in [-0.2, 0) is 19.1 Å². The lowest BCUT2D eigenvalue weighted by molar-refractivity contribution is -0.151. The van der Waals surface area contributed by atoms with E-state index in [0.717, 1.165) is 0 Å². The monoisotopic (exact) mass is 321 g/mol. The van der Waals surface area contributed by atoms with Gasteiger partial charge in [-0.1, -0.05) is 6.08 Å². The van der Waals surface area contributed by atoms with E-state index in [9.17, 15) is 14.4 Å². The largest absolute Gasteiger partial charge is 0.461 e. The summed E-state index contributed by atoms with van der Waals surface area (Å²) in [4.78, 5) is 37.4. The molecule has 1 aliphatic heterocycles. The van der Waals surface area contributed by atoms with E-state index < -0.39 is 17.8 Å². The number of ketones is 1. The maximum absolute atomic E-state index is 12.3. The van der Waals surface area contributed by atoms with Crippen molar-refractivity contribution in [1.82, 2.24) is 10.2 Å². The third-order valence-electron chi connectivity index (χ3n) is 3.11. The molecule has 1 amide bonds. The van der Waals surface area contributed by atoms with Gasteiger partial charge in [-0.25, -0.2) is 4.79 Å². The van der Waals surface area contributed by atoms with Crippen LogP contribution in [0.3, 0.4) is 0 Å².